The van der Waals surface area contributed by atoms with Crippen molar-refractivity contribution in [1.29, 1.82) is 0 Å². The number of hydrogen-bond donors (Lipinski definition) is 0. The summed E-state index contributed by atoms with van der Waals surface area (Å²) in [6.45, 7) is -5.79. The topological polar surface area (TPSA) is 0 Å². The predicted molar refractivity (Wildman–Crippen MR) is 114 cm³/mol. The van der Waals surface area contributed by atoms with Crippen LogP contribution in [0.5, 0.6) is 0 Å². The minimum absolute atomic E-state index is 0.228. The largest absolute Gasteiger partial charge is 0.112 e. The second-order valence-corrected chi connectivity index (χ2v) is 9.74. The monoisotopic (exact) mass is 354 g/mol. The average molecular weight is 355 g/mol. The van der Waals surface area contributed by atoms with Crippen molar-refractivity contribution >= 4 is 23.2 Å². The van der Waals surface area contributed by atoms with Gasteiger partial charge in [0.2, 0.25) is 0 Å². The van der Waals surface area contributed by atoms with E-state index in [1.807, 2.05) is 54.6 Å². The van der Waals surface area contributed by atoms with Crippen LogP contribution >= 0.6 is 7.26 Å². The summed E-state index contributed by atoms with van der Waals surface area (Å²) in [4.78, 5) is 0. The first-order valence-corrected chi connectivity index (χ1v) is 10.5. The molecule has 0 aliphatic heterocycles. The number of benzene rings is 3. The average Bonchev–Trinajstić information content (AvgIpc) is 2.77. The van der Waals surface area contributed by atoms with Crippen LogP contribution in [0.1, 0.15) is 36.1 Å². The lowest BCUT2D eigenvalue weighted by atomic mass is 10.1. The van der Waals surface area contributed by atoms with Crippen molar-refractivity contribution in [3.8, 4) is 0 Å². The zero-order chi connectivity index (χ0) is 23.5. The van der Waals surface area contributed by atoms with Gasteiger partial charge >= 0.3 is 0 Å². The molecule has 0 aliphatic rings. The fraction of sp³-hybridized carbons (Fsp3) is 0.250. The molecule has 0 bridgehead atoms. The van der Waals surface area contributed by atoms with Crippen LogP contribution in [-0.2, 0) is 0 Å². The van der Waals surface area contributed by atoms with E-state index in [4.69, 9.17) is 9.60 Å². The van der Waals surface area contributed by atoms with Gasteiger partial charge in [0.15, 0.2) is 0 Å². The van der Waals surface area contributed by atoms with E-state index in [1.54, 1.807) is 0 Å². The van der Waals surface area contributed by atoms with Crippen molar-refractivity contribution in [3.05, 3.63) is 91.0 Å². The summed E-state index contributed by atoms with van der Waals surface area (Å²) in [7, 11) is -2.19. The minimum atomic E-state index is -2.90. The fourth-order valence-corrected chi connectivity index (χ4v) is 7.72. The van der Waals surface area contributed by atoms with Gasteiger partial charge in [0.1, 0.15) is 23.2 Å². The Morgan fingerprint density at radius 3 is 1.48 bits per heavy atom. The molecule has 0 unspecified atom stereocenters. The van der Waals surface area contributed by atoms with Crippen molar-refractivity contribution in [3.63, 3.8) is 0 Å². The van der Waals surface area contributed by atoms with Gasteiger partial charge in [0.05, 0.1) is 6.16 Å². The van der Waals surface area contributed by atoms with Crippen molar-refractivity contribution in [2.75, 3.05) is 6.16 Å². The Kier molecular flexibility index (Phi) is 3.70. The lowest BCUT2D eigenvalue weighted by Gasteiger charge is -2.28. The normalized spacial score (nSPS) is 17.2. The Labute approximate surface area is 163 Å². The van der Waals surface area contributed by atoms with Gasteiger partial charge in [-0.1, -0.05) is 68.3 Å². The Balaban J connectivity index is 2.10. The van der Waals surface area contributed by atoms with E-state index < -0.39 is 26.9 Å². The molecule has 128 valence electrons. The van der Waals surface area contributed by atoms with E-state index in [9.17, 15) is 0 Å². The molecule has 0 saturated carbocycles. The highest BCUT2D eigenvalue weighted by molar-refractivity contribution is 7.95. The minimum Gasteiger partial charge on any atom is -0.0628 e. The number of rotatable bonds is 7. The van der Waals surface area contributed by atoms with Gasteiger partial charge in [-0.15, -0.1) is 0 Å². The summed E-state index contributed by atoms with van der Waals surface area (Å²) in [6, 6.07) is 30.4. The molecule has 0 spiro atoms. The molecular weight excluding hydrogens is 319 g/mol. The van der Waals surface area contributed by atoms with Gasteiger partial charge in [-0.05, 0) is 55.1 Å². The lowest BCUT2D eigenvalue weighted by Crippen LogP contribution is -2.33. The van der Waals surface area contributed by atoms with Crippen molar-refractivity contribution in [1.82, 2.24) is 0 Å². The summed E-state index contributed by atoms with van der Waals surface area (Å²) in [6.07, 6.45) is 0.665. The molecule has 3 rings (SSSR count). The van der Waals surface area contributed by atoms with Crippen molar-refractivity contribution in [2.45, 2.75) is 26.5 Å². The first-order valence-electron chi connectivity index (χ1n) is 12.1. The molecule has 3 aromatic carbocycles. The molecule has 0 fully saturated rings. The maximum absolute atomic E-state index is 8.43. The highest BCUT2D eigenvalue weighted by atomic mass is 31.2. The van der Waals surface area contributed by atoms with E-state index in [2.05, 4.69) is 36.4 Å². The second kappa shape index (κ2) is 8.45. The smallest absolute Gasteiger partial charge is 0.0628 e. The highest BCUT2D eigenvalue weighted by Gasteiger charge is 2.44. The SMILES string of the molecule is [2H]C([2H])([2H])C([2H])(CCC[P+](c1ccccc1)(c1ccccc1)c1ccccc1)C([2H])([2H])[2H]. The maximum atomic E-state index is 8.43. The van der Waals surface area contributed by atoms with Crippen LogP contribution in [0.25, 0.3) is 0 Å². The molecular formula is C24H28P+. The zero-order valence-electron chi connectivity index (χ0n) is 21.2. The van der Waals surface area contributed by atoms with Gasteiger partial charge in [-0.2, -0.15) is 0 Å². The maximum Gasteiger partial charge on any atom is 0.112 e. The van der Waals surface area contributed by atoms with Crippen LogP contribution in [0.15, 0.2) is 91.0 Å². The van der Waals surface area contributed by atoms with Crippen LogP contribution < -0.4 is 15.9 Å². The van der Waals surface area contributed by atoms with E-state index in [0.29, 0.717) is 12.6 Å². The van der Waals surface area contributed by atoms with Crippen LogP contribution in [0, 0.1) is 5.89 Å². The molecule has 25 heavy (non-hydrogen) atoms. The van der Waals surface area contributed by atoms with Gasteiger partial charge in [0, 0.05) is 9.60 Å². The van der Waals surface area contributed by atoms with Gasteiger partial charge in [-0.25, -0.2) is 0 Å². The van der Waals surface area contributed by atoms with Gasteiger partial charge < -0.3 is 0 Å². The Morgan fingerprint density at radius 1 is 0.720 bits per heavy atom. The molecule has 0 heterocycles. The molecule has 3 aromatic rings. The van der Waals surface area contributed by atoms with E-state index in [1.165, 1.54) is 0 Å². The zero-order valence-corrected chi connectivity index (χ0v) is 15.1. The standard InChI is InChI=1S/C24H28P/c1-21(2)13-12-20-25(22-14-6-3-7-15-22,23-16-8-4-9-17-23)24-18-10-5-11-19-24/h3-11,14-19,21H,12-13,20H2,1-2H3/q+1/i1D3,2D3,21D. The molecule has 1 heteroatoms. The summed E-state index contributed by atoms with van der Waals surface area (Å²) in [5, 5.41) is 3.45. The quantitative estimate of drug-likeness (QED) is 0.497. The van der Waals surface area contributed by atoms with Crippen LogP contribution in [-0.4, -0.2) is 6.16 Å². The van der Waals surface area contributed by atoms with E-state index in [0.717, 1.165) is 15.9 Å². The van der Waals surface area contributed by atoms with E-state index >= 15 is 0 Å². The first kappa shape index (κ1) is 10.9. The molecule has 0 radical (unpaired) electrons. The molecule has 0 nitrogen and oxygen atoms in total. The molecule has 0 saturated heterocycles. The second-order valence-electron chi connectivity index (χ2n) is 6.12. The van der Waals surface area contributed by atoms with Gasteiger partial charge in [0.25, 0.3) is 0 Å². The number of hydrogen-bond acceptors (Lipinski definition) is 0. The Morgan fingerprint density at radius 2 is 1.12 bits per heavy atom. The summed E-state index contributed by atoms with van der Waals surface area (Å²) in [5.41, 5.74) is 0. The summed E-state index contributed by atoms with van der Waals surface area (Å²) in [5.74, 6) is -2.50. The van der Waals surface area contributed by atoms with Crippen LogP contribution in [0.2, 0.25) is 0 Å². The van der Waals surface area contributed by atoms with E-state index in [-0.39, 0.29) is 6.42 Å². The first-order chi connectivity index (χ1) is 15.0. The highest BCUT2D eigenvalue weighted by Crippen LogP contribution is 2.56. The molecule has 0 aromatic heterocycles. The van der Waals surface area contributed by atoms with Crippen LogP contribution in [0.3, 0.4) is 0 Å². The third kappa shape index (κ3) is 4.02. The molecule has 0 N–H and O–H groups in total. The van der Waals surface area contributed by atoms with Crippen molar-refractivity contribution in [2.24, 2.45) is 5.89 Å². The van der Waals surface area contributed by atoms with Crippen LogP contribution in [0.4, 0.5) is 0 Å². The molecule has 0 amide bonds. The van der Waals surface area contributed by atoms with Crippen molar-refractivity contribution < 1.29 is 9.60 Å². The Hall–Kier alpha value is -1.91. The summed E-state index contributed by atoms with van der Waals surface area (Å²) >= 11 is 0. The predicted octanol–water partition coefficient (Wildman–Crippen LogP) is 5.42. The molecule has 0 aliphatic carbocycles. The molecule has 0 atom stereocenters. The third-order valence-corrected chi connectivity index (χ3v) is 9.04. The fourth-order valence-electron chi connectivity index (χ4n) is 3.37. The third-order valence-electron chi connectivity index (χ3n) is 4.51. The lowest BCUT2D eigenvalue weighted by molar-refractivity contribution is 0.578. The van der Waals surface area contributed by atoms with Gasteiger partial charge in [-0.3, -0.25) is 0 Å². The summed E-state index contributed by atoms with van der Waals surface area (Å²) < 4.78 is 55.0. The Bertz CT molecular complexity index is 873.